The van der Waals surface area contributed by atoms with Gasteiger partial charge in [-0.2, -0.15) is 0 Å². The Bertz CT molecular complexity index is 223. The van der Waals surface area contributed by atoms with E-state index < -0.39 is 0 Å². The van der Waals surface area contributed by atoms with Crippen LogP contribution in [0.1, 0.15) is 12.5 Å². The van der Waals surface area contributed by atoms with Crippen molar-refractivity contribution in [2.24, 2.45) is 0 Å². The van der Waals surface area contributed by atoms with E-state index in [0.29, 0.717) is 0 Å². The van der Waals surface area contributed by atoms with E-state index in [1.54, 1.807) is 7.11 Å². The van der Waals surface area contributed by atoms with Gasteiger partial charge in [0, 0.05) is 4.90 Å². The largest absolute Gasteiger partial charge is 0.496 e. The van der Waals surface area contributed by atoms with E-state index in [-0.39, 0.29) is 0 Å². The van der Waals surface area contributed by atoms with E-state index in [4.69, 9.17) is 4.74 Å². The van der Waals surface area contributed by atoms with Crippen LogP contribution in [0.15, 0.2) is 23.1 Å². The maximum Gasteiger partial charge on any atom is 0.132 e. The lowest BCUT2D eigenvalue weighted by molar-refractivity contribution is 0.404. The fourth-order valence-corrected chi connectivity index (χ4v) is 1.42. The number of rotatable bonds is 2. The van der Waals surface area contributed by atoms with E-state index in [1.165, 1.54) is 5.56 Å². The van der Waals surface area contributed by atoms with Crippen molar-refractivity contribution < 1.29 is 4.74 Å². The van der Waals surface area contributed by atoms with Crippen LogP contribution in [0.5, 0.6) is 5.75 Å². The molecule has 0 atom stereocenters. The quantitative estimate of drug-likeness (QED) is 0.668. The molecular formula is C9H12OS. The van der Waals surface area contributed by atoms with Crippen LogP contribution in [0, 0.1) is 0 Å². The molecule has 0 aliphatic carbocycles. The van der Waals surface area contributed by atoms with Crippen LogP contribution in [-0.4, -0.2) is 7.11 Å². The number of hydrogen-bond acceptors (Lipinski definition) is 2. The summed E-state index contributed by atoms with van der Waals surface area (Å²) in [5.41, 5.74) is 1.23. The number of methoxy groups -OCH3 is 1. The van der Waals surface area contributed by atoms with Crippen LogP contribution < -0.4 is 4.74 Å². The number of thiol groups is 1. The van der Waals surface area contributed by atoms with E-state index >= 15 is 0 Å². The predicted octanol–water partition coefficient (Wildman–Crippen LogP) is 2.55. The van der Waals surface area contributed by atoms with Crippen molar-refractivity contribution in [2.45, 2.75) is 18.2 Å². The standard InChI is InChI=1S/C9H12OS/c1-3-7-5-4-6-8(10-2)9(7)11/h4-6,11H,3H2,1-2H3. The fourth-order valence-electron chi connectivity index (χ4n) is 1.02. The summed E-state index contributed by atoms with van der Waals surface area (Å²) in [6.45, 7) is 2.11. The monoisotopic (exact) mass is 168 g/mol. The second-order valence-electron chi connectivity index (χ2n) is 2.32. The molecule has 1 rings (SSSR count). The van der Waals surface area contributed by atoms with E-state index in [9.17, 15) is 0 Å². The Balaban J connectivity index is 3.10. The van der Waals surface area contributed by atoms with E-state index in [2.05, 4.69) is 25.6 Å². The second kappa shape index (κ2) is 3.67. The molecule has 0 spiro atoms. The first-order chi connectivity index (χ1) is 5.29. The van der Waals surface area contributed by atoms with Crippen LogP contribution in [0.4, 0.5) is 0 Å². The highest BCUT2D eigenvalue weighted by molar-refractivity contribution is 7.80. The van der Waals surface area contributed by atoms with Crippen LogP contribution in [0.25, 0.3) is 0 Å². The van der Waals surface area contributed by atoms with Crippen molar-refractivity contribution >= 4 is 12.6 Å². The molecule has 1 aromatic carbocycles. The number of benzene rings is 1. The molecule has 0 unspecified atom stereocenters. The van der Waals surface area contributed by atoms with Crippen molar-refractivity contribution in [1.82, 2.24) is 0 Å². The first kappa shape index (κ1) is 8.47. The highest BCUT2D eigenvalue weighted by Crippen LogP contribution is 2.25. The zero-order chi connectivity index (χ0) is 8.27. The predicted molar refractivity (Wildman–Crippen MR) is 49.6 cm³/mol. The van der Waals surface area contributed by atoms with E-state index in [0.717, 1.165) is 17.1 Å². The first-order valence-corrected chi connectivity index (χ1v) is 4.09. The van der Waals surface area contributed by atoms with Crippen molar-refractivity contribution in [3.05, 3.63) is 23.8 Å². The zero-order valence-corrected chi connectivity index (χ0v) is 7.69. The van der Waals surface area contributed by atoms with Gasteiger partial charge < -0.3 is 4.74 Å². The highest BCUT2D eigenvalue weighted by Gasteiger charge is 2.01. The second-order valence-corrected chi connectivity index (χ2v) is 2.77. The Labute approximate surface area is 72.8 Å². The van der Waals surface area contributed by atoms with Gasteiger partial charge in [0.05, 0.1) is 7.11 Å². The van der Waals surface area contributed by atoms with Crippen LogP contribution in [0.3, 0.4) is 0 Å². The van der Waals surface area contributed by atoms with Crippen molar-refractivity contribution in [2.75, 3.05) is 7.11 Å². The molecule has 0 saturated heterocycles. The molecule has 0 N–H and O–H groups in total. The Morgan fingerprint density at radius 1 is 1.45 bits per heavy atom. The minimum absolute atomic E-state index is 0.854. The average molecular weight is 168 g/mol. The van der Waals surface area contributed by atoms with Gasteiger partial charge in [-0.1, -0.05) is 19.1 Å². The molecule has 1 nitrogen and oxygen atoms in total. The molecule has 0 radical (unpaired) electrons. The minimum Gasteiger partial charge on any atom is -0.496 e. The molecule has 1 aromatic rings. The Kier molecular flexibility index (Phi) is 2.83. The third kappa shape index (κ3) is 1.69. The molecule has 0 saturated carbocycles. The fraction of sp³-hybridized carbons (Fsp3) is 0.333. The molecule has 0 heterocycles. The molecule has 0 aliphatic rings. The lowest BCUT2D eigenvalue weighted by Crippen LogP contribution is -1.88. The van der Waals surface area contributed by atoms with Gasteiger partial charge in [-0.25, -0.2) is 0 Å². The molecule has 11 heavy (non-hydrogen) atoms. The van der Waals surface area contributed by atoms with Gasteiger partial charge in [0.25, 0.3) is 0 Å². The van der Waals surface area contributed by atoms with Crippen LogP contribution in [0.2, 0.25) is 0 Å². The smallest absolute Gasteiger partial charge is 0.132 e. The summed E-state index contributed by atoms with van der Waals surface area (Å²) in [5, 5.41) is 0. The molecule has 0 aromatic heterocycles. The maximum atomic E-state index is 5.11. The Hall–Kier alpha value is -0.630. The van der Waals surface area contributed by atoms with Crippen molar-refractivity contribution in [1.29, 1.82) is 0 Å². The Morgan fingerprint density at radius 3 is 2.73 bits per heavy atom. The average Bonchev–Trinajstić information content (AvgIpc) is 2.05. The summed E-state index contributed by atoms with van der Waals surface area (Å²) in [6.07, 6.45) is 0.996. The summed E-state index contributed by atoms with van der Waals surface area (Å²) < 4.78 is 5.11. The molecule has 0 bridgehead atoms. The van der Waals surface area contributed by atoms with Gasteiger partial charge in [0.15, 0.2) is 0 Å². The topological polar surface area (TPSA) is 9.23 Å². The van der Waals surface area contributed by atoms with Gasteiger partial charge in [-0.15, -0.1) is 12.6 Å². The molecule has 0 aliphatic heterocycles. The molecule has 0 amide bonds. The van der Waals surface area contributed by atoms with Crippen molar-refractivity contribution in [3.63, 3.8) is 0 Å². The summed E-state index contributed by atoms with van der Waals surface area (Å²) in [7, 11) is 1.66. The summed E-state index contributed by atoms with van der Waals surface area (Å²) in [5.74, 6) is 0.854. The molecular weight excluding hydrogens is 156 g/mol. The van der Waals surface area contributed by atoms with Crippen LogP contribution >= 0.6 is 12.6 Å². The lowest BCUT2D eigenvalue weighted by atomic mass is 10.1. The normalized spacial score (nSPS) is 9.73. The number of aryl methyl sites for hydroxylation is 1. The lowest BCUT2D eigenvalue weighted by Gasteiger charge is -2.06. The van der Waals surface area contributed by atoms with Gasteiger partial charge in [-0.3, -0.25) is 0 Å². The summed E-state index contributed by atoms with van der Waals surface area (Å²) >= 11 is 4.35. The first-order valence-electron chi connectivity index (χ1n) is 3.64. The van der Waals surface area contributed by atoms with Crippen molar-refractivity contribution in [3.8, 4) is 5.75 Å². The van der Waals surface area contributed by atoms with E-state index in [1.807, 2.05) is 12.1 Å². The third-order valence-electron chi connectivity index (χ3n) is 1.68. The Morgan fingerprint density at radius 2 is 2.18 bits per heavy atom. The molecule has 60 valence electrons. The zero-order valence-electron chi connectivity index (χ0n) is 6.79. The third-order valence-corrected chi connectivity index (χ3v) is 2.19. The molecule has 0 fully saturated rings. The van der Waals surface area contributed by atoms with Crippen LogP contribution in [-0.2, 0) is 6.42 Å². The van der Waals surface area contributed by atoms with Gasteiger partial charge in [0.2, 0.25) is 0 Å². The number of hydrogen-bond donors (Lipinski definition) is 1. The SMILES string of the molecule is CCc1cccc(OC)c1S. The van der Waals surface area contributed by atoms with Gasteiger partial charge >= 0.3 is 0 Å². The maximum absolute atomic E-state index is 5.11. The summed E-state index contributed by atoms with van der Waals surface area (Å²) in [6, 6.07) is 5.96. The molecule has 2 heteroatoms. The minimum atomic E-state index is 0.854. The van der Waals surface area contributed by atoms with Gasteiger partial charge in [0.1, 0.15) is 5.75 Å². The number of ether oxygens (including phenoxy) is 1. The highest BCUT2D eigenvalue weighted by atomic mass is 32.1. The summed E-state index contributed by atoms with van der Waals surface area (Å²) in [4.78, 5) is 0.956. The van der Waals surface area contributed by atoms with Gasteiger partial charge in [-0.05, 0) is 18.1 Å².